The highest BCUT2D eigenvalue weighted by Crippen LogP contribution is 2.46. The number of furan rings is 1. The van der Waals surface area contributed by atoms with E-state index in [-0.39, 0.29) is 22.8 Å². The van der Waals surface area contributed by atoms with E-state index in [2.05, 4.69) is 46.8 Å². The first-order valence-electron chi connectivity index (χ1n) is 11.3. The number of aliphatic hydroxyl groups is 1. The second-order valence-electron chi connectivity index (χ2n) is 10.6. The standard InChI is InChI=1S/C26H35NO3/c1-17-14-21-22(26(4,5)11-10-25(21,2)3)16-18(17)15-20-6-7-23(30-20)24(29)27-12-8-19(28)9-13-27/h6-7,14,16,19,28H,8-13,15H2,1-5H3. The van der Waals surface area contributed by atoms with Crippen molar-refractivity contribution in [2.75, 3.05) is 13.1 Å². The van der Waals surface area contributed by atoms with Crippen molar-refractivity contribution in [1.82, 2.24) is 4.90 Å². The minimum absolute atomic E-state index is 0.0711. The first-order valence-corrected chi connectivity index (χ1v) is 11.3. The minimum atomic E-state index is -0.289. The fourth-order valence-electron chi connectivity index (χ4n) is 4.96. The first kappa shape index (κ1) is 21.2. The van der Waals surface area contributed by atoms with E-state index in [4.69, 9.17) is 4.42 Å². The van der Waals surface area contributed by atoms with Gasteiger partial charge < -0.3 is 14.4 Å². The number of carbonyl (C=O) groups excluding carboxylic acids is 1. The van der Waals surface area contributed by atoms with Gasteiger partial charge in [-0.1, -0.05) is 39.8 Å². The Morgan fingerprint density at radius 1 is 1.07 bits per heavy atom. The number of nitrogens with zero attached hydrogens (tertiary/aromatic N) is 1. The average Bonchev–Trinajstić information content (AvgIpc) is 3.15. The summed E-state index contributed by atoms with van der Waals surface area (Å²) in [7, 11) is 0. The smallest absolute Gasteiger partial charge is 0.289 e. The first-order chi connectivity index (χ1) is 14.1. The highest BCUT2D eigenvalue weighted by atomic mass is 16.4. The van der Waals surface area contributed by atoms with Crippen molar-refractivity contribution in [3.05, 3.63) is 58.0 Å². The van der Waals surface area contributed by atoms with E-state index in [0.29, 0.717) is 38.1 Å². The van der Waals surface area contributed by atoms with Crippen LogP contribution in [0.25, 0.3) is 0 Å². The van der Waals surface area contributed by atoms with Crippen LogP contribution < -0.4 is 0 Å². The van der Waals surface area contributed by atoms with Gasteiger partial charge in [-0.3, -0.25) is 4.79 Å². The maximum Gasteiger partial charge on any atom is 0.289 e. The summed E-state index contributed by atoms with van der Waals surface area (Å²) in [5.74, 6) is 1.16. The molecule has 1 N–H and O–H groups in total. The zero-order valence-electron chi connectivity index (χ0n) is 19.0. The third kappa shape index (κ3) is 3.94. The number of carbonyl (C=O) groups is 1. The van der Waals surface area contributed by atoms with Crippen LogP contribution in [0, 0.1) is 6.92 Å². The number of likely N-dealkylation sites (tertiary alicyclic amines) is 1. The number of benzene rings is 1. The SMILES string of the molecule is Cc1cc2c(cc1Cc1ccc(C(=O)N3CCC(O)CC3)o1)C(C)(C)CCC2(C)C. The Morgan fingerprint density at radius 2 is 1.67 bits per heavy atom. The number of aliphatic hydroxyl groups excluding tert-OH is 1. The molecule has 0 unspecified atom stereocenters. The van der Waals surface area contributed by atoms with Crippen molar-refractivity contribution < 1.29 is 14.3 Å². The van der Waals surface area contributed by atoms with Crippen molar-refractivity contribution >= 4 is 5.91 Å². The molecule has 0 spiro atoms. The molecule has 1 saturated heterocycles. The second-order valence-corrected chi connectivity index (χ2v) is 10.6. The van der Waals surface area contributed by atoms with Gasteiger partial charge in [0.05, 0.1) is 6.10 Å². The molecule has 2 aliphatic rings. The highest BCUT2D eigenvalue weighted by molar-refractivity contribution is 5.91. The summed E-state index contributed by atoms with van der Waals surface area (Å²) in [6.45, 7) is 12.8. The fourth-order valence-corrected chi connectivity index (χ4v) is 4.96. The molecule has 162 valence electrons. The van der Waals surface area contributed by atoms with Gasteiger partial charge in [0.2, 0.25) is 0 Å². The van der Waals surface area contributed by atoms with Crippen LogP contribution >= 0.6 is 0 Å². The van der Waals surface area contributed by atoms with Crippen molar-refractivity contribution in [3.63, 3.8) is 0 Å². The number of piperidine rings is 1. The van der Waals surface area contributed by atoms with Crippen molar-refractivity contribution in [3.8, 4) is 0 Å². The fraction of sp³-hybridized carbons (Fsp3) is 0.577. The van der Waals surface area contributed by atoms with Gasteiger partial charge in [0, 0.05) is 19.5 Å². The largest absolute Gasteiger partial charge is 0.456 e. The summed E-state index contributed by atoms with van der Waals surface area (Å²) in [4.78, 5) is 14.5. The average molecular weight is 410 g/mol. The van der Waals surface area contributed by atoms with Crippen LogP contribution in [0.4, 0.5) is 0 Å². The molecule has 1 fully saturated rings. The Kier molecular flexibility index (Phi) is 5.34. The van der Waals surface area contributed by atoms with Crippen LogP contribution in [0.5, 0.6) is 0 Å². The van der Waals surface area contributed by atoms with E-state index in [0.717, 1.165) is 5.76 Å². The lowest BCUT2D eigenvalue weighted by Gasteiger charge is -2.42. The molecule has 0 radical (unpaired) electrons. The molecule has 4 nitrogen and oxygen atoms in total. The molecule has 2 heterocycles. The Morgan fingerprint density at radius 3 is 2.30 bits per heavy atom. The van der Waals surface area contributed by atoms with Gasteiger partial charge in [0.15, 0.2) is 5.76 Å². The molecule has 2 aromatic rings. The Bertz CT molecular complexity index is 945. The van der Waals surface area contributed by atoms with E-state index in [1.165, 1.54) is 35.1 Å². The van der Waals surface area contributed by atoms with Gasteiger partial charge >= 0.3 is 0 Å². The molecule has 1 aliphatic carbocycles. The molecule has 1 amide bonds. The van der Waals surface area contributed by atoms with E-state index in [9.17, 15) is 9.90 Å². The summed E-state index contributed by atoms with van der Waals surface area (Å²) >= 11 is 0. The van der Waals surface area contributed by atoms with Crippen LogP contribution in [0.15, 0.2) is 28.7 Å². The monoisotopic (exact) mass is 409 g/mol. The zero-order valence-corrected chi connectivity index (χ0v) is 19.0. The van der Waals surface area contributed by atoms with Gasteiger partial charge in [0.25, 0.3) is 5.91 Å². The van der Waals surface area contributed by atoms with Gasteiger partial charge in [-0.25, -0.2) is 0 Å². The molecule has 4 heteroatoms. The summed E-state index contributed by atoms with van der Waals surface area (Å²) in [5, 5.41) is 9.67. The predicted octanol–water partition coefficient (Wildman–Crippen LogP) is 5.12. The van der Waals surface area contributed by atoms with Crippen LogP contribution in [-0.2, 0) is 17.3 Å². The summed E-state index contributed by atoms with van der Waals surface area (Å²) in [5.41, 5.74) is 5.87. The number of aryl methyl sites for hydroxylation is 1. The lowest BCUT2D eigenvalue weighted by atomic mass is 9.62. The number of fused-ring (bicyclic) bond motifs is 1. The topological polar surface area (TPSA) is 53.7 Å². The Labute approximate surface area is 180 Å². The lowest BCUT2D eigenvalue weighted by Crippen LogP contribution is -2.39. The molecule has 1 aromatic heterocycles. The quantitative estimate of drug-likeness (QED) is 0.765. The normalized spacial score (nSPS) is 20.8. The van der Waals surface area contributed by atoms with Gasteiger partial charge in [-0.15, -0.1) is 0 Å². The maximum atomic E-state index is 12.7. The zero-order chi connectivity index (χ0) is 21.7. The molecule has 0 bridgehead atoms. The summed E-state index contributed by atoms with van der Waals surface area (Å²) in [6.07, 6.45) is 4.09. The Hall–Kier alpha value is -2.07. The second kappa shape index (κ2) is 7.56. The van der Waals surface area contributed by atoms with Gasteiger partial charge in [-0.2, -0.15) is 0 Å². The van der Waals surface area contributed by atoms with E-state index in [1.54, 1.807) is 11.0 Å². The van der Waals surface area contributed by atoms with E-state index < -0.39 is 0 Å². The lowest BCUT2D eigenvalue weighted by molar-refractivity contribution is 0.0518. The molecular formula is C26H35NO3. The third-order valence-corrected chi connectivity index (χ3v) is 7.30. The number of amides is 1. The number of hydrogen-bond acceptors (Lipinski definition) is 3. The number of hydrogen-bond donors (Lipinski definition) is 1. The van der Waals surface area contributed by atoms with Crippen LogP contribution in [0.2, 0.25) is 0 Å². The number of rotatable bonds is 3. The molecule has 1 aromatic carbocycles. The van der Waals surface area contributed by atoms with Gasteiger partial charge in [-0.05, 0) is 77.8 Å². The van der Waals surface area contributed by atoms with Gasteiger partial charge in [0.1, 0.15) is 5.76 Å². The molecular weight excluding hydrogens is 374 g/mol. The highest BCUT2D eigenvalue weighted by Gasteiger charge is 2.37. The predicted molar refractivity (Wildman–Crippen MR) is 119 cm³/mol. The molecule has 4 rings (SSSR count). The molecule has 0 atom stereocenters. The Balaban J connectivity index is 1.56. The van der Waals surface area contributed by atoms with Crippen LogP contribution in [0.1, 0.15) is 91.9 Å². The van der Waals surface area contributed by atoms with E-state index in [1.807, 2.05) is 6.07 Å². The molecule has 0 saturated carbocycles. The maximum absolute atomic E-state index is 12.7. The third-order valence-electron chi connectivity index (χ3n) is 7.30. The van der Waals surface area contributed by atoms with Crippen molar-refractivity contribution in [2.45, 2.75) is 83.7 Å². The molecule has 1 aliphatic heterocycles. The van der Waals surface area contributed by atoms with Crippen molar-refractivity contribution in [2.24, 2.45) is 0 Å². The minimum Gasteiger partial charge on any atom is -0.456 e. The molecule has 30 heavy (non-hydrogen) atoms. The van der Waals surface area contributed by atoms with Crippen LogP contribution in [-0.4, -0.2) is 35.1 Å². The van der Waals surface area contributed by atoms with Crippen molar-refractivity contribution in [1.29, 1.82) is 0 Å². The summed E-state index contributed by atoms with van der Waals surface area (Å²) in [6, 6.07) is 8.48. The summed E-state index contributed by atoms with van der Waals surface area (Å²) < 4.78 is 5.97. The van der Waals surface area contributed by atoms with Crippen LogP contribution in [0.3, 0.4) is 0 Å². The van der Waals surface area contributed by atoms with E-state index >= 15 is 0 Å².